The molecule has 0 radical (unpaired) electrons. The molecule has 0 N–H and O–H groups in total. The van der Waals surface area contributed by atoms with Crippen LogP contribution in [0.4, 0.5) is 0 Å². The summed E-state index contributed by atoms with van der Waals surface area (Å²) in [5, 5.41) is 8.73. The van der Waals surface area contributed by atoms with Gasteiger partial charge in [0.2, 0.25) is 0 Å². The fraction of sp³-hybridized carbons (Fsp3) is 0.417. The molecule has 0 aromatic heterocycles. The quantitative estimate of drug-likeness (QED) is 0.651. The molecule has 0 aromatic carbocycles. The number of hydrogen-bond acceptors (Lipinski definition) is 3. The van der Waals surface area contributed by atoms with Crippen LogP contribution in [-0.4, -0.2) is 37.2 Å². The van der Waals surface area contributed by atoms with E-state index in [0.29, 0.717) is 13.2 Å². The van der Waals surface area contributed by atoms with Gasteiger partial charge in [0, 0.05) is 19.6 Å². The van der Waals surface area contributed by atoms with E-state index in [2.05, 4.69) is 24.1 Å². The molecule has 0 amide bonds. The van der Waals surface area contributed by atoms with Gasteiger partial charge in [-0.2, -0.15) is 5.26 Å². The van der Waals surface area contributed by atoms with E-state index >= 15 is 0 Å². The van der Waals surface area contributed by atoms with Crippen molar-refractivity contribution in [3.8, 4) is 6.07 Å². The van der Waals surface area contributed by atoms with Gasteiger partial charge in [-0.15, -0.1) is 0 Å². The van der Waals surface area contributed by atoms with E-state index in [0.717, 1.165) is 18.7 Å². The summed E-state index contributed by atoms with van der Waals surface area (Å²) in [6, 6.07) is 2.12. The Balaban J connectivity index is 2.38. The minimum Gasteiger partial charge on any atom is -0.361 e. The lowest BCUT2D eigenvalue weighted by molar-refractivity contribution is 0.00452. The minimum absolute atomic E-state index is 0.296. The molecule has 1 atom stereocenters. The Morgan fingerprint density at radius 3 is 3.13 bits per heavy atom. The van der Waals surface area contributed by atoms with Crippen molar-refractivity contribution in [3.05, 3.63) is 37.0 Å². The fourth-order valence-corrected chi connectivity index (χ4v) is 1.47. The molecule has 0 saturated carbocycles. The van der Waals surface area contributed by atoms with Crippen molar-refractivity contribution in [2.24, 2.45) is 0 Å². The largest absolute Gasteiger partial charge is 0.361 e. The van der Waals surface area contributed by atoms with Crippen LogP contribution in [0.15, 0.2) is 37.0 Å². The van der Waals surface area contributed by atoms with Crippen molar-refractivity contribution in [2.75, 3.05) is 26.2 Å². The molecule has 1 saturated heterocycles. The Morgan fingerprint density at radius 2 is 2.47 bits per heavy atom. The van der Waals surface area contributed by atoms with Gasteiger partial charge in [0.1, 0.15) is 0 Å². The fourth-order valence-electron chi connectivity index (χ4n) is 1.47. The molecule has 1 unspecified atom stereocenters. The second-order valence-electron chi connectivity index (χ2n) is 3.48. The first-order valence-corrected chi connectivity index (χ1v) is 4.96. The van der Waals surface area contributed by atoms with Crippen molar-refractivity contribution >= 4 is 0 Å². The van der Waals surface area contributed by atoms with Crippen LogP contribution in [0.25, 0.3) is 0 Å². The summed E-state index contributed by atoms with van der Waals surface area (Å²) in [7, 11) is 0. The number of allylic oxidation sites excluding steroid dienone is 2. The van der Waals surface area contributed by atoms with Gasteiger partial charge in [-0.3, -0.25) is 4.90 Å². The van der Waals surface area contributed by atoms with E-state index in [1.807, 2.05) is 12.2 Å². The lowest BCUT2D eigenvalue weighted by atomic mass is 10.2. The molecule has 1 heterocycles. The average Bonchev–Trinajstić information content (AvgIpc) is 2.26. The van der Waals surface area contributed by atoms with E-state index in [1.54, 1.807) is 6.08 Å². The summed E-state index contributed by atoms with van der Waals surface area (Å²) in [6.45, 7) is 10.5. The molecule has 0 bridgehead atoms. The summed E-state index contributed by atoms with van der Waals surface area (Å²) in [5.41, 5.74) is 1.02. The smallest absolute Gasteiger partial charge is 0.156 e. The maximum Gasteiger partial charge on any atom is 0.156 e. The zero-order valence-electron chi connectivity index (χ0n) is 8.85. The van der Waals surface area contributed by atoms with Crippen LogP contribution >= 0.6 is 0 Å². The number of hydrogen-bond donors (Lipinski definition) is 0. The van der Waals surface area contributed by atoms with Gasteiger partial charge in [0.25, 0.3) is 0 Å². The van der Waals surface area contributed by atoms with Crippen LogP contribution in [-0.2, 0) is 4.74 Å². The van der Waals surface area contributed by atoms with E-state index in [1.165, 1.54) is 0 Å². The Hall–Kier alpha value is -1.37. The first kappa shape index (κ1) is 11.7. The van der Waals surface area contributed by atoms with Crippen molar-refractivity contribution in [1.29, 1.82) is 5.26 Å². The zero-order valence-corrected chi connectivity index (χ0v) is 8.85. The predicted octanol–water partition coefficient (Wildman–Crippen LogP) is 1.51. The third-order valence-electron chi connectivity index (χ3n) is 2.19. The average molecular weight is 204 g/mol. The van der Waals surface area contributed by atoms with Gasteiger partial charge in [-0.05, 0) is 5.57 Å². The normalized spacial score (nSPS) is 22.5. The molecule has 1 rings (SSSR count). The second kappa shape index (κ2) is 6.18. The molecule has 3 heteroatoms. The molecule has 1 aliphatic rings. The van der Waals surface area contributed by atoms with E-state index < -0.39 is 0 Å². The molecule has 0 spiro atoms. The molecule has 0 aromatic rings. The monoisotopic (exact) mass is 204 g/mol. The Labute approximate surface area is 90.9 Å². The van der Waals surface area contributed by atoms with Crippen LogP contribution in [0, 0.1) is 11.3 Å². The zero-order chi connectivity index (χ0) is 11.1. The molecule has 15 heavy (non-hydrogen) atoms. The molecule has 1 fully saturated rings. The summed E-state index contributed by atoms with van der Waals surface area (Å²) >= 11 is 0. The van der Waals surface area contributed by atoms with Crippen LogP contribution in [0.1, 0.15) is 0 Å². The molecule has 80 valence electrons. The standard InChI is InChI=1S/C12H16N2O/c1-3-4-5-11(2)9-14-6-7-15-12(8-13)10-14/h3-5,12H,1-2,6-7,9-10H2/b5-4-. The van der Waals surface area contributed by atoms with Crippen molar-refractivity contribution in [3.63, 3.8) is 0 Å². The lowest BCUT2D eigenvalue weighted by Crippen LogP contribution is -2.42. The van der Waals surface area contributed by atoms with Gasteiger partial charge in [0.15, 0.2) is 6.10 Å². The number of ether oxygens (including phenoxy) is 1. The van der Waals surface area contributed by atoms with Gasteiger partial charge in [-0.25, -0.2) is 0 Å². The van der Waals surface area contributed by atoms with Crippen molar-refractivity contribution in [2.45, 2.75) is 6.10 Å². The van der Waals surface area contributed by atoms with Crippen molar-refractivity contribution < 1.29 is 4.74 Å². The SMILES string of the molecule is C=C/C=C\C(=C)CN1CCOC(C#N)C1. The maximum atomic E-state index is 8.73. The highest BCUT2D eigenvalue weighted by Gasteiger charge is 2.19. The highest BCUT2D eigenvalue weighted by atomic mass is 16.5. The van der Waals surface area contributed by atoms with Gasteiger partial charge in [-0.1, -0.05) is 31.4 Å². The van der Waals surface area contributed by atoms with Crippen molar-refractivity contribution in [1.82, 2.24) is 4.90 Å². The van der Waals surface area contributed by atoms with Gasteiger partial charge >= 0.3 is 0 Å². The molecule has 0 aliphatic carbocycles. The summed E-state index contributed by atoms with van der Waals surface area (Å²) < 4.78 is 5.25. The van der Waals surface area contributed by atoms with Gasteiger partial charge in [0.05, 0.1) is 12.7 Å². The number of nitrogens with zero attached hydrogens (tertiary/aromatic N) is 2. The van der Waals surface area contributed by atoms with E-state index in [9.17, 15) is 0 Å². The minimum atomic E-state index is -0.296. The van der Waals surface area contributed by atoms with E-state index in [4.69, 9.17) is 10.00 Å². The topological polar surface area (TPSA) is 36.3 Å². The van der Waals surface area contributed by atoms with Gasteiger partial charge < -0.3 is 4.74 Å². The first-order valence-electron chi connectivity index (χ1n) is 4.96. The molecular formula is C12H16N2O. The summed E-state index contributed by atoms with van der Waals surface area (Å²) in [6.07, 6.45) is 5.23. The van der Waals surface area contributed by atoms with Crippen LogP contribution in [0.5, 0.6) is 0 Å². The third-order valence-corrected chi connectivity index (χ3v) is 2.19. The van der Waals surface area contributed by atoms with Crippen LogP contribution in [0.3, 0.4) is 0 Å². The molecular weight excluding hydrogens is 188 g/mol. The van der Waals surface area contributed by atoms with Crippen LogP contribution < -0.4 is 0 Å². The lowest BCUT2D eigenvalue weighted by Gasteiger charge is -2.29. The predicted molar refractivity (Wildman–Crippen MR) is 60.3 cm³/mol. The van der Waals surface area contributed by atoms with Crippen LogP contribution in [0.2, 0.25) is 0 Å². The second-order valence-corrected chi connectivity index (χ2v) is 3.48. The maximum absolute atomic E-state index is 8.73. The highest BCUT2D eigenvalue weighted by Crippen LogP contribution is 2.07. The Kier molecular flexibility index (Phi) is 4.82. The number of rotatable bonds is 4. The number of nitriles is 1. The Morgan fingerprint density at radius 1 is 1.67 bits per heavy atom. The molecule has 3 nitrogen and oxygen atoms in total. The first-order chi connectivity index (χ1) is 7.26. The van der Waals surface area contributed by atoms with E-state index in [-0.39, 0.29) is 6.10 Å². The highest BCUT2D eigenvalue weighted by molar-refractivity contribution is 5.19. The third kappa shape index (κ3) is 4.11. The number of morpholine rings is 1. The summed E-state index contributed by atoms with van der Waals surface area (Å²) in [5.74, 6) is 0. The summed E-state index contributed by atoms with van der Waals surface area (Å²) in [4.78, 5) is 2.17. The molecule has 1 aliphatic heterocycles. The Bertz CT molecular complexity index is 301.